The van der Waals surface area contributed by atoms with Gasteiger partial charge in [-0.15, -0.1) is 0 Å². The van der Waals surface area contributed by atoms with Crippen molar-refractivity contribution in [2.75, 3.05) is 54.1 Å². The number of quaternary nitrogens is 1. The number of phosphoric acid groups is 1. The lowest BCUT2D eigenvalue weighted by atomic mass is 10.1. The molecule has 2 unspecified atom stereocenters. The van der Waals surface area contributed by atoms with Gasteiger partial charge in [0, 0.05) is 13.0 Å². The zero-order valence-corrected chi connectivity index (χ0v) is 43.4. The molecule has 0 aliphatic heterocycles. The fourth-order valence-electron chi connectivity index (χ4n) is 7.18. The third-order valence-electron chi connectivity index (χ3n) is 11.3. The van der Waals surface area contributed by atoms with Crippen LogP contribution in [0.2, 0.25) is 0 Å². The minimum Gasteiger partial charge on any atom is -0.457 e. The molecule has 0 aromatic carbocycles. The zero-order valence-electron chi connectivity index (χ0n) is 42.5. The Hall–Kier alpha value is -1.80. The summed E-state index contributed by atoms with van der Waals surface area (Å²) in [4.78, 5) is 23.0. The number of hydrogen-bond donors (Lipinski definition) is 1. The van der Waals surface area contributed by atoms with Crippen molar-refractivity contribution in [2.45, 2.75) is 232 Å². The van der Waals surface area contributed by atoms with E-state index in [4.69, 9.17) is 18.5 Å². The molecule has 0 amide bonds. The fourth-order valence-corrected chi connectivity index (χ4v) is 7.92. The van der Waals surface area contributed by atoms with E-state index in [9.17, 15) is 14.3 Å². The number of rotatable bonds is 49. The Morgan fingerprint density at radius 3 is 1.30 bits per heavy atom. The molecule has 0 aromatic heterocycles. The molecule has 9 heteroatoms. The van der Waals surface area contributed by atoms with Crippen molar-refractivity contribution in [1.82, 2.24) is 0 Å². The molecular formula is C55H103NO7P+. The number of ether oxygens (including phenoxy) is 2. The fraction of sp³-hybridized carbons (Fsp3) is 0.800. The van der Waals surface area contributed by atoms with Crippen LogP contribution >= 0.6 is 7.82 Å². The Balaban J connectivity index is 4.12. The normalized spacial score (nSPS) is 14.0. The second-order valence-corrected chi connectivity index (χ2v) is 20.4. The van der Waals surface area contributed by atoms with Gasteiger partial charge in [-0.25, -0.2) is 4.57 Å². The smallest absolute Gasteiger partial charge is 0.457 e. The molecule has 8 nitrogen and oxygen atoms in total. The summed E-state index contributed by atoms with van der Waals surface area (Å²) in [6.45, 7) is 5.58. The van der Waals surface area contributed by atoms with E-state index in [1.54, 1.807) is 0 Å². The van der Waals surface area contributed by atoms with Crippen molar-refractivity contribution in [2.24, 2.45) is 0 Å². The van der Waals surface area contributed by atoms with Gasteiger partial charge >= 0.3 is 13.8 Å². The molecule has 0 heterocycles. The van der Waals surface area contributed by atoms with Crippen molar-refractivity contribution in [3.8, 4) is 0 Å². The molecule has 2 atom stereocenters. The Bertz CT molecular complexity index is 1210. The average molecular weight is 921 g/mol. The van der Waals surface area contributed by atoms with Crippen LogP contribution in [0.15, 0.2) is 60.8 Å². The van der Waals surface area contributed by atoms with Crippen LogP contribution in [0, 0.1) is 0 Å². The zero-order chi connectivity index (χ0) is 46.9. The third-order valence-corrected chi connectivity index (χ3v) is 12.3. The molecule has 0 radical (unpaired) electrons. The van der Waals surface area contributed by atoms with E-state index in [0.29, 0.717) is 24.1 Å². The van der Waals surface area contributed by atoms with Crippen LogP contribution in [-0.2, 0) is 27.9 Å². The summed E-state index contributed by atoms with van der Waals surface area (Å²) in [7, 11) is 1.65. The number of unbranched alkanes of at least 4 members (excludes halogenated alkanes) is 25. The summed E-state index contributed by atoms with van der Waals surface area (Å²) < 4.78 is 35.1. The van der Waals surface area contributed by atoms with E-state index in [1.807, 2.05) is 21.1 Å². The van der Waals surface area contributed by atoms with Crippen LogP contribution in [0.5, 0.6) is 0 Å². The number of nitrogens with zero attached hydrogens (tertiary/aromatic N) is 1. The minimum absolute atomic E-state index is 0.0833. The van der Waals surface area contributed by atoms with E-state index in [1.165, 1.54) is 135 Å². The van der Waals surface area contributed by atoms with Crippen LogP contribution < -0.4 is 0 Å². The minimum atomic E-state index is -4.29. The second kappa shape index (κ2) is 47.7. The highest BCUT2D eigenvalue weighted by Crippen LogP contribution is 2.43. The molecule has 0 aromatic rings. The predicted octanol–water partition coefficient (Wildman–Crippen LogP) is 16.4. The van der Waals surface area contributed by atoms with Crippen LogP contribution in [-0.4, -0.2) is 75.6 Å². The first kappa shape index (κ1) is 62.2. The first-order valence-electron chi connectivity index (χ1n) is 26.5. The SMILES string of the molecule is CCCCCC/C=C\C/C=C\CCCCCCCC(=O)OC(COCCCCCCCCCCCCC/C=C\C/C=C\C/C=C\CCCCCCC)COP(=O)(O)OCC[N+](C)(C)C. The standard InChI is InChI=1S/C55H102NO7P/c1-6-8-10-12-14-16-18-20-22-24-25-26-27-28-29-30-31-32-33-35-37-39-41-43-45-47-50-60-52-54(53-62-64(58,59)61-51-49-56(3,4)5)63-55(57)48-46-44-42-40-38-36-34-23-21-19-17-15-13-11-9-7-2/h17-20,23-25,27-28,34,54H,6-16,21-22,26,29-33,35-53H2,1-5H3/p+1/b19-17-,20-18-,25-24-,28-27-,34-23-. The summed E-state index contributed by atoms with van der Waals surface area (Å²) in [5.74, 6) is -0.328. The van der Waals surface area contributed by atoms with Gasteiger partial charge in [0.2, 0.25) is 0 Å². The van der Waals surface area contributed by atoms with Crippen molar-refractivity contribution in [1.29, 1.82) is 0 Å². The number of hydrogen-bond acceptors (Lipinski definition) is 6. The van der Waals surface area contributed by atoms with Crippen LogP contribution in [0.25, 0.3) is 0 Å². The van der Waals surface area contributed by atoms with Crippen molar-refractivity contribution in [3.05, 3.63) is 60.8 Å². The number of likely N-dealkylation sites (N-methyl/N-ethyl adjacent to an activating group) is 1. The van der Waals surface area contributed by atoms with Gasteiger partial charge in [0.15, 0.2) is 0 Å². The molecule has 64 heavy (non-hydrogen) atoms. The highest BCUT2D eigenvalue weighted by Gasteiger charge is 2.26. The maximum Gasteiger partial charge on any atom is 0.472 e. The largest absolute Gasteiger partial charge is 0.472 e. The lowest BCUT2D eigenvalue weighted by Gasteiger charge is -2.24. The maximum atomic E-state index is 12.7. The van der Waals surface area contributed by atoms with Gasteiger partial charge in [0.05, 0.1) is 34.4 Å². The van der Waals surface area contributed by atoms with Gasteiger partial charge in [-0.1, -0.05) is 197 Å². The van der Waals surface area contributed by atoms with E-state index in [0.717, 1.165) is 70.6 Å². The molecule has 1 N–H and O–H groups in total. The topological polar surface area (TPSA) is 91.3 Å². The molecular weight excluding hydrogens is 818 g/mol. The van der Waals surface area contributed by atoms with E-state index >= 15 is 0 Å². The van der Waals surface area contributed by atoms with Crippen molar-refractivity contribution >= 4 is 13.8 Å². The molecule has 0 spiro atoms. The molecule has 0 rings (SSSR count). The first-order chi connectivity index (χ1) is 31.1. The molecule has 374 valence electrons. The molecule has 0 fully saturated rings. The maximum absolute atomic E-state index is 12.7. The summed E-state index contributed by atoms with van der Waals surface area (Å²) in [6.07, 6.45) is 61.3. The van der Waals surface area contributed by atoms with Crippen LogP contribution in [0.4, 0.5) is 0 Å². The Labute approximate surface area is 396 Å². The van der Waals surface area contributed by atoms with Gasteiger partial charge in [-0.05, 0) is 83.5 Å². The van der Waals surface area contributed by atoms with E-state index in [2.05, 4.69) is 74.6 Å². The number of esters is 1. The molecule has 0 aliphatic carbocycles. The van der Waals surface area contributed by atoms with E-state index < -0.39 is 13.9 Å². The Kier molecular flexibility index (Phi) is 46.3. The Morgan fingerprint density at radius 2 is 0.859 bits per heavy atom. The van der Waals surface area contributed by atoms with Crippen LogP contribution in [0.3, 0.4) is 0 Å². The summed E-state index contributed by atoms with van der Waals surface area (Å²) in [5, 5.41) is 0. The lowest BCUT2D eigenvalue weighted by molar-refractivity contribution is -0.870. The monoisotopic (exact) mass is 921 g/mol. The van der Waals surface area contributed by atoms with Gasteiger partial charge in [-0.3, -0.25) is 13.8 Å². The highest BCUT2D eigenvalue weighted by atomic mass is 31.2. The highest BCUT2D eigenvalue weighted by molar-refractivity contribution is 7.47. The van der Waals surface area contributed by atoms with Gasteiger partial charge in [0.25, 0.3) is 0 Å². The summed E-state index contributed by atoms with van der Waals surface area (Å²) in [6, 6.07) is 0. The third kappa shape index (κ3) is 51.2. The summed E-state index contributed by atoms with van der Waals surface area (Å²) in [5.41, 5.74) is 0. The molecule has 0 saturated heterocycles. The predicted molar refractivity (Wildman–Crippen MR) is 275 cm³/mol. The second-order valence-electron chi connectivity index (χ2n) is 18.9. The molecule has 0 aliphatic rings. The van der Waals surface area contributed by atoms with E-state index in [-0.39, 0.29) is 25.8 Å². The number of carbonyl (C=O) groups excluding carboxylic acids is 1. The number of carbonyl (C=O) groups is 1. The van der Waals surface area contributed by atoms with Gasteiger partial charge in [0.1, 0.15) is 19.3 Å². The number of phosphoric ester groups is 1. The Morgan fingerprint density at radius 1 is 0.484 bits per heavy atom. The molecule has 0 saturated carbocycles. The van der Waals surface area contributed by atoms with Gasteiger partial charge in [-0.2, -0.15) is 0 Å². The van der Waals surface area contributed by atoms with Gasteiger partial charge < -0.3 is 18.9 Å². The quantitative estimate of drug-likeness (QED) is 0.0214. The number of allylic oxidation sites excluding steroid dienone is 10. The molecule has 0 bridgehead atoms. The van der Waals surface area contributed by atoms with Crippen molar-refractivity contribution in [3.63, 3.8) is 0 Å². The van der Waals surface area contributed by atoms with Crippen LogP contribution in [0.1, 0.15) is 226 Å². The van der Waals surface area contributed by atoms with Crippen molar-refractivity contribution < 1.29 is 37.3 Å². The average Bonchev–Trinajstić information content (AvgIpc) is 3.25. The lowest BCUT2D eigenvalue weighted by Crippen LogP contribution is -2.37. The first-order valence-corrected chi connectivity index (χ1v) is 28.0. The summed E-state index contributed by atoms with van der Waals surface area (Å²) >= 11 is 0.